The van der Waals surface area contributed by atoms with Gasteiger partial charge in [-0.2, -0.15) is 0 Å². The highest BCUT2D eigenvalue weighted by Gasteiger charge is 2.31. The van der Waals surface area contributed by atoms with E-state index in [4.69, 9.17) is 5.11 Å². The number of hydrogen-bond donors (Lipinski definition) is 2. The molecule has 1 aromatic heterocycles. The molecule has 0 aliphatic heterocycles. The highest BCUT2D eigenvalue weighted by molar-refractivity contribution is 5.90. The Morgan fingerprint density at radius 3 is 2.68 bits per heavy atom. The fourth-order valence-corrected chi connectivity index (χ4v) is 1.87. The molecule has 0 bridgehead atoms. The molecule has 2 amide bonds. The molecule has 1 aromatic rings. The third-order valence-corrected chi connectivity index (χ3v) is 2.95. The van der Waals surface area contributed by atoms with Gasteiger partial charge in [-0.05, 0) is 31.4 Å². The van der Waals surface area contributed by atoms with Gasteiger partial charge in [0.15, 0.2) is 0 Å². The summed E-state index contributed by atoms with van der Waals surface area (Å²) < 4.78 is 0. The zero-order chi connectivity index (χ0) is 13.8. The van der Waals surface area contributed by atoms with E-state index in [1.54, 1.807) is 6.07 Å². The normalized spacial score (nSPS) is 13.9. The van der Waals surface area contributed by atoms with Crippen molar-refractivity contribution in [2.24, 2.45) is 0 Å². The van der Waals surface area contributed by atoms with Crippen molar-refractivity contribution < 1.29 is 14.7 Å². The number of aromatic nitrogens is 1. The molecule has 0 atom stereocenters. The average Bonchev–Trinajstić information content (AvgIpc) is 3.20. The molecule has 19 heavy (non-hydrogen) atoms. The van der Waals surface area contributed by atoms with Crippen LogP contribution in [-0.4, -0.2) is 39.6 Å². The number of nitrogens with one attached hydrogen (secondary N) is 1. The number of urea groups is 1. The summed E-state index contributed by atoms with van der Waals surface area (Å²) in [6, 6.07) is 3.13. The predicted octanol–water partition coefficient (Wildman–Crippen LogP) is 2.19. The van der Waals surface area contributed by atoms with Crippen molar-refractivity contribution in [3.05, 3.63) is 24.0 Å². The number of rotatable bonds is 5. The van der Waals surface area contributed by atoms with Crippen LogP contribution in [0.5, 0.6) is 0 Å². The second-order valence-corrected chi connectivity index (χ2v) is 4.59. The quantitative estimate of drug-likeness (QED) is 0.853. The Morgan fingerprint density at radius 2 is 2.21 bits per heavy atom. The molecule has 102 valence electrons. The standard InChI is InChI=1S/C13H17N3O3/c1-2-7-16(10-4-5-10)13(19)15-9-3-6-11(12(17)18)14-8-9/h3,6,8,10H,2,4-5,7H2,1H3,(H,15,19)(H,17,18). The molecule has 1 heterocycles. The maximum absolute atomic E-state index is 12.1. The van der Waals surface area contributed by atoms with E-state index in [9.17, 15) is 9.59 Å². The van der Waals surface area contributed by atoms with Crippen molar-refractivity contribution in [2.45, 2.75) is 32.2 Å². The van der Waals surface area contributed by atoms with Gasteiger partial charge in [0.25, 0.3) is 0 Å². The molecular formula is C13H17N3O3. The molecular weight excluding hydrogens is 246 g/mol. The van der Waals surface area contributed by atoms with Gasteiger partial charge >= 0.3 is 12.0 Å². The van der Waals surface area contributed by atoms with E-state index in [1.165, 1.54) is 12.3 Å². The zero-order valence-electron chi connectivity index (χ0n) is 10.8. The van der Waals surface area contributed by atoms with E-state index in [0.29, 0.717) is 11.7 Å². The molecule has 0 saturated heterocycles. The summed E-state index contributed by atoms with van der Waals surface area (Å²) in [7, 11) is 0. The Balaban J connectivity index is 1.99. The van der Waals surface area contributed by atoms with Crippen LogP contribution in [0.15, 0.2) is 18.3 Å². The van der Waals surface area contributed by atoms with Gasteiger partial charge < -0.3 is 15.3 Å². The van der Waals surface area contributed by atoms with Crippen molar-refractivity contribution in [2.75, 3.05) is 11.9 Å². The van der Waals surface area contributed by atoms with Gasteiger partial charge in [0.1, 0.15) is 5.69 Å². The van der Waals surface area contributed by atoms with Crippen molar-refractivity contribution in [1.82, 2.24) is 9.88 Å². The van der Waals surface area contributed by atoms with E-state index >= 15 is 0 Å². The number of amides is 2. The minimum absolute atomic E-state index is 0.0365. The van der Waals surface area contributed by atoms with E-state index < -0.39 is 5.97 Å². The summed E-state index contributed by atoms with van der Waals surface area (Å²) in [4.78, 5) is 28.3. The Labute approximate surface area is 111 Å². The van der Waals surface area contributed by atoms with E-state index in [1.807, 2.05) is 11.8 Å². The van der Waals surface area contributed by atoms with Crippen LogP contribution in [0.1, 0.15) is 36.7 Å². The number of carbonyl (C=O) groups excluding carboxylic acids is 1. The first-order valence-electron chi connectivity index (χ1n) is 6.38. The van der Waals surface area contributed by atoms with Crippen molar-refractivity contribution >= 4 is 17.7 Å². The number of carboxylic acid groups (broad SMARTS) is 1. The van der Waals surface area contributed by atoms with Crippen molar-refractivity contribution in [3.8, 4) is 0 Å². The van der Waals surface area contributed by atoms with Gasteiger partial charge in [0, 0.05) is 12.6 Å². The lowest BCUT2D eigenvalue weighted by Crippen LogP contribution is -2.37. The number of carbonyl (C=O) groups is 2. The van der Waals surface area contributed by atoms with Gasteiger partial charge in [0.2, 0.25) is 0 Å². The van der Waals surface area contributed by atoms with Crippen LogP contribution in [-0.2, 0) is 0 Å². The molecule has 0 radical (unpaired) electrons. The Bertz CT molecular complexity index is 469. The molecule has 2 rings (SSSR count). The molecule has 6 nitrogen and oxygen atoms in total. The molecule has 1 saturated carbocycles. The Hall–Kier alpha value is -2.11. The molecule has 1 aliphatic rings. The largest absolute Gasteiger partial charge is 0.477 e. The SMILES string of the molecule is CCCN(C(=O)Nc1ccc(C(=O)O)nc1)C1CC1. The second-order valence-electron chi connectivity index (χ2n) is 4.59. The van der Waals surface area contributed by atoms with Gasteiger partial charge in [-0.1, -0.05) is 6.92 Å². The van der Waals surface area contributed by atoms with Gasteiger partial charge in [-0.25, -0.2) is 14.6 Å². The lowest BCUT2D eigenvalue weighted by molar-refractivity contribution is 0.0690. The topological polar surface area (TPSA) is 82.5 Å². The van der Waals surface area contributed by atoms with Crippen LogP contribution < -0.4 is 5.32 Å². The van der Waals surface area contributed by atoms with Crippen LogP contribution >= 0.6 is 0 Å². The average molecular weight is 263 g/mol. The summed E-state index contributed by atoms with van der Waals surface area (Å²) >= 11 is 0. The Kier molecular flexibility index (Phi) is 3.99. The van der Waals surface area contributed by atoms with Crippen LogP contribution in [0, 0.1) is 0 Å². The third-order valence-electron chi connectivity index (χ3n) is 2.95. The highest BCUT2D eigenvalue weighted by Crippen LogP contribution is 2.27. The van der Waals surface area contributed by atoms with Crippen LogP contribution in [0.2, 0.25) is 0 Å². The smallest absolute Gasteiger partial charge is 0.354 e. The first-order valence-corrected chi connectivity index (χ1v) is 6.38. The molecule has 0 spiro atoms. The van der Waals surface area contributed by atoms with E-state index in [0.717, 1.165) is 25.8 Å². The molecule has 1 aliphatic carbocycles. The number of pyridine rings is 1. The first kappa shape index (κ1) is 13.3. The number of nitrogens with zero attached hydrogens (tertiary/aromatic N) is 2. The van der Waals surface area contributed by atoms with Crippen molar-refractivity contribution in [3.63, 3.8) is 0 Å². The van der Waals surface area contributed by atoms with Crippen LogP contribution in [0.3, 0.4) is 0 Å². The summed E-state index contributed by atoms with van der Waals surface area (Å²) in [6.45, 7) is 2.77. The number of aromatic carboxylic acids is 1. The van der Waals surface area contributed by atoms with Crippen LogP contribution in [0.4, 0.5) is 10.5 Å². The van der Waals surface area contributed by atoms with Crippen molar-refractivity contribution in [1.29, 1.82) is 0 Å². The van der Waals surface area contributed by atoms with E-state index in [2.05, 4.69) is 10.3 Å². The monoisotopic (exact) mass is 263 g/mol. The molecule has 0 aromatic carbocycles. The summed E-state index contributed by atoms with van der Waals surface area (Å²) in [5, 5.41) is 11.5. The minimum atomic E-state index is -1.08. The van der Waals surface area contributed by atoms with E-state index in [-0.39, 0.29) is 11.7 Å². The Morgan fingerprint density at radius 1 is 1.47 bits per heavy atom. The fourth-order valence-electron chi connectivity index (χ4n) is 1.87. The highest BCUT2D eigenvalue weighted by atomic mass is 16.4. The second kappa shape index (κ2) is 5.69. The molecule has 1 fully saturated rings. The van der Waals surface area contributed by atoms with Crippen LogP contribution in [0.25, 0.3) is 0 Å². The predicted molar refractivity (Wildman–Crippen MR) is 70.2 cm³/mol. The summed E-state index contributed by atoms with van der Waals surface area (Å²) in [5.74, 6) is -1.08. The molecule has 6 heteroatoms. The molecule has 0 unspecified atom stereocenters. The van der Waals surface area contributed by atoms with Gasteiger partial charge in [-0.15, -0.1) is 0 Å². The first-order chi connectivity index (χ1) is 9.11. The molecule has 2 N–H and O–H groups in total. The van der Waals surface area contributed by atoms with Gasteiger partial charge in [0.05, 0.1) is 11.9 Å². The summed E-state index contributed by atoms with van der Waals surface area (Å²) in [5.41, 5.74) is 0.474. The fraction of sp³-hybridized carbons (Fsp3) is 0.462. The minimum Gasteiger partial charge on any atom is -0.477 e. The number of carboxylic acids is 1. The maximum Gasteiger partial charge on any atom is 0.354 e. The lowest BCUT2D eigenvalue weighted by Gasteiger charge is -2.22. The lowest BCUT2D eigenvalue weighted by atomic mass is 10.3. The zero-order valence-corrected chi connectivity index (χ0v) is 10.8. The third kappa shape index (κ3) is 3.43. The maximum atomic E-state index is 12.1. The summed E-state index contributed by atoms with van der Waals surface area (Å²) in [6.07, 6.45) is 4.39. The number of hydrogen-bond acceptors (Lipinski definition) is 3. The van der Waals surface area contributed by atoms with Gasteiger partial charge in [-0.3, -0.25) is 0 Å². The number of anilines is 1.